The van der Waals surface area contributed by atoms with Gasteiger partial charge >= 0.3 is 0 Å². The Morgan fingerprint density at radius 2 is 2.31 bits per heavy atom. The van der Waals surface area contributed by atoms with Crippen LogP contribution in [0.3, 0.4) is 0 Å². The third-order valence-electron chi connectivity index (χ3n) is 2.46. The maximum absolute atomic E-state index is 5.26. The van der Waals surface area contributed by atoms with Crippen molar-refractivity contribution < 1.29 is 4.42 Å². The Kier molecular flexibility index (Phi) is 7.43. The van der Waals surface area contributed by atoms with Crippen LogP contribution in [0.5, 0.6) is 0 Å². The molecule has 0 amide bonds. The van der Waals surface area contributed by atoms with Crippen LogP contribution in [0, 0.1) is 0 Å². The normalized spacial score (nSPS) is 12.9. The van der Waals surface area contributed by atoms with Crippen molar-refractivity contribution in [2.75, 3.05) is 12.3 Å². The minimum Gasteiger partial charge on any atom is -0.468 e. The van der Waals surface area contributed by atoms with Gasteiger partial charge in [0, 0.05) is 11.8 Å². The smallest absolute Gasteiger partial charge is 0.117 e. The largest absolute Gasteiger partial charge is 0.468 e. The van der Waals surface area contributed by atoms with Gasteiger partial charge in [-0.25, -0.2) is 0 Å². The number of hydrogen-bond acceptors (Lipinski definition) is 3. The molecule has 0 bridgehead atoms. The summed E-state index contributed by atoms with van der Waals surface area (Å²) in [5, 5.41) is 4.10. The highest BCUT2D eigenvalue weighted by Crippen LogP contribution is 2.12. The molecule has 2 nitrogen and oxygen atoms in total. The Bertz CT molecular complexity index is 248. The van der Waals surface area contributed by atoms with Gasteiger partial charge in [-0.3, -0.25) is 0 Å². The Balaban J connectivity index is 1.95. The topological polar surface area (TPSA) is 25.2 Å². The van der Waals surface area contributed by atoms with E-state index in [-0.39, 0.29) is 0 Å². The molecule has 0 aromatic carbocycles. The SMILES string of the molecule is CCCCCSC(C)CNCc1ccco1. The average molecular weight is 241 g/mol. The van der Waals surface area contributed by atoms with E-state index in [0.717, 1.165) is 18.8 Å². The fraction of sp³-hybridized carbons (Fsp3) is 0.692. The molecule has 0 saturated heterocycles. The van der Waals surface area contributed by atoms with E-state index in [9.17, 15) is 0 Å². The van der Waals surface area contributed by atoms with Crippen LogP contribution >= 0.6 is 11.8 Å². The first kappa shape index (κ1) is 13.7. The van der Waals surface area contributed by atoms with Gasteiger partial charge in [0.1, 0.15) is 5.76 Å². The van der Waals surface area contributed by atoms with Gasteiger partial charge in [0.25, 0.3) is 0 Å². The summed E-state index contributed by atoms with van der Waals surface area (Å²) in [6.07, 6.45) is 5.74. The summed E-state index contributed by atoms with van der Waals surface area (Å²) in [6, 6.07) is 3.94. The third kappa shape index (κ3) is 6.23. The number of furan rings is 1. The molecule has 1 atom stereocenters. The fourth-order valence-corrected chi connectivity index (χ4v) is 2.52. The van der Waals surface area contributed by atoms with Crippen molar-refractivity contribution >= 4 is 11.8 Å². The van der Waals surface area contributed by atoms with E-state index >= 15 is 0 Å². The fourth-order valence-electron chi connectivity index (χ4n) is 1.51. The molecule has 1 rings (SSSR count). The maximum atomic E-state index is 5.26. The lowest BCUT2D eigenvalue weighted by molar-refractivity contribution is 0.484. The summed E-state index contributed by atoms with van der Waals surface area (Å²) in [6.45, 7) is 6.43. The number of rotatable bonds is 9. The summed E-state index contributed by atoms with van der Waals surface area (Å²) < 4.78 is 5.26. The Morgan fingerprint density at radius 1 is 1.44 bits per heavy atom. The summed E-state index contributed by atoms with van der Waals surface area (Å²) in [7, 11) is 0. The highest BCUT2D eigenvalue weighted by Gasteiger charge is 2.02. The van der Waals surface area contributed by atoms with Gasteiger partial charge in [-0.1, -0.05) is 26.7 Å². The van der Waals surface area contributed by atoms with Crippen molar-refractivity contribution in [2.24, 2.45) is 0 Å². The molecule has 92 valence electrons. The van der Waals surface area contributed by atoms with Crippen molar-refractivity contribution in [2.45, 2.75) is 44.9 Å². The summed E-state index contributed by atoms with van der Waals surface area (Å²) in [5.74, 6) is 2.31. The lowest BCUT2D eigenvalue weighted by atomic mass is 10.3. The number of nitrogens with one attached hydrogen (secondary N) is 1. The summed E-state index contributed by atoms with van der Waals surface area (Å²) in [4.78, 5) is 0. The Morgan fingerprint density at radius 3 is 3.00 bits per heavy atom. The quantitative estimate of drug-likeness (QED) is 0.668. The Hall–Kier alpha value is -0.410. The molecule has 1 heterocycles. The second kappa shape index (κ2) is 8.71. The van der Waals surface area contributed by atoms with Crippen molar-refractivity contribution in [1.82, 2.24) is 5.32 Å². The molecule has 1 aromatic heterocycles. The minimum atomic E-state index is 0.687. The molecular weight excluding hydrogens is 218 g/mol. The number of hydrogen-bond donors (Lipinski definition) is 1. The monoisotopic (exact) mass is 241 g/mol. The first-order valence-electron chi connectivity index (χ1n) is 6.17. The zero-order valence-electron chi connectivity index (χ0n) is 10.4. The van der Waals surface area contributed by atoms with Gasteiger partial charge in [0.2, 0.25) is 0 Å². The Labute approximate surface area is 103 Å². The van der Waals surface area contributed by atoms with Gasteiger partial charge in [-0.2, -0.15) is 11.8 Å². The first-order valence-corrected chi connectivity index (χ1v) is 7.22. The molecule has 1 unspecified atom stereocenters. The highest BCUT2D eigenvalue weighted by atomic mass is 32.2. The van der Waals surface area contributed by atoms with E-state index in [1.807, 2.05) is 12.1 Å². The van der Waals surface area contributed by atoms with Crippen LogP contribution in [-0.2, 0) is 6.54 Å². The zero-order valence-corrected chi connectivity index (χ0v) is 11.2. The van der Waals surface area contributed by atoms with Crippen LogP contribution in [0.15, 0.2) is 22.8 Å². The average Bonchev–Trinajstić information content (AvgIpc) is 2.77. The van der Waals surface area contributed by atoms with E-state index < -0.39 is 0 Å². The second-order valence-corrected chi connectivity index (χ2v) is 5.65. The predicted octanol–water partition coefficient (Wildman–Crippen LogP) is 3.68. The van der Waals surface area contributed by atoms with E-state index in [0.29, 0.717) is 5.25 Å². The number of unbranched alkanes of at least 4 members (excludes halogenated alkanes) is 2. The van der Waals surface area contributed by atoms with Crippen LogP contribution in [-0.4, -0.2) is 17.5 Å². The number of thioether (sulfide) groups is 1. The van der Waals surface area contributed by atoms with E-state index in [1.54, 1.807) is 6.26 Å². The standard InChI is InChI=1S/C13H23NOS/c1-3-4-5-9-16-12(2)10-14-11-13-7-6-8-15-13/h6-8,12,14H,3-5,9-11H2,1-2H3. The first-order chi connectivity index (χ1) is 7.83. The molecule has 0 spiro atoms. The van der Waals surface area contributed by atoms with Crippen LogP contribution < -0.4 is 5.32 Å². The molecule has 0 aliphatic carbocycles. The van der Waals surface area contributed by atoms with E-state index in [1.165, 1.54) is 25.0 Å². The van der Waals surface area contributed by atoms with Crippen molar-refractivity contribution in [3.05, 3.63) is 24.2 Å². The van der Waals surface area contributed by atoms with E-state index in [4.69, 9.17) is 4.42 Å². The van der Waals surface area contributed by atoms with Crippen LogP contribution in [0.25, 0.3) is 0 Å². The van der Waals surface area contributed by atoms with Gasteiger partial charge in [0.05, 0.1) is 12.8 Å². The lowest BCUT2D eigenvalue weighted by Crippen LogP contribution is -2.22. The van der Waals surface area contributed by atoms with Crippen LogP contribution in [0.1, 0.15) is 38.9 Å². The zero-order chi connectivity index (χ0) is 11.6. The van der Waals surface area contributed by atoms with Gasteiger partial charge in [0.15, 0.2) is 0 Å². The van der Waals surface area contributed by atoms with Gasteiger partial charge < -0.3 is 9.73 Å². The molecular formula is C13H23NOS. The van der Waals surface area contributed by atoms with Crippen molar-refractivity contribution in [3.63, 3.8) is 0 Å². The highest BCUT2D eigenvalue weighted by molar-refractivity contribution is 7.99. The third-order valence-corrected chi connectivity index (χ3v) is 3.72. The molecule has 16 heavy (non-hydrogen) atoms. The second-order valence-electron chi connectivity index (χ2n) is 4.10. The molecule has 0 radical (unpaired) electrons. The van der Waals surface area contributed by atoms with Crippen LogP contribution in [0.2, 0.25) is 0 Å². The lowest BCUT2D eigenvalue weighted by Gasteiger charge is -2.11. The molecule has 0 aliphatic heterocycles. The van der Waals surface area contributed by atoms with E-state index in [2.05, 4.69) is 30.9 Å². The predicted molar refractivity (Wildman–Crippen MR) is 71.9 cm³/mol. The van der Waals surface area contributed by atoms with Gasteiger partial charge in [-0.15, -0.1) is 0 Å². The maximum Gasteiger partial charge on any atom is 0.117 e. The molecule has 1 aromatic rings. The van der Waals surface area contributed by atoms with Crippen molar-refractivity contribution in [3.8, 4) is 0 Å². The van der Waals surface area contributed by atoms with Crippen LogP contribution in [0.4, 0.5) is 0 Å². The minimum absolute atomic E-state index is 0.687. The van der Waals surface area contributed by atoms with Crippen molar-refractivity contribution in [1.29, 1.82) is 0 Å². The molecule has 0 fully saturated rings. The molecule has 0 saturated carbocycles. The molecule has 3 heteroatoms. The summed E-state index contributed by atoms with van der Waals surface area (Å²) >= 11 is 2.06. The summed E-state index contributed by atoms with van der Waals surface area (Å²) in [5.41, 5.74) is 0. The molecule has 0 aliphatic rings. The molecule has 1 N–H and O–H groups in total. The van der Waals surface area contributed by atoms with Gasteiger partial charge in [-0.05, 0) is 24.3 Å².